The molecule has 0 saturated heterocycles. The largest absolute Gasteiger partial charge is 0.339 e. The summed E-state index contributed by atoms with van der Waals surface area (Å²) < 4.78 is 5.07. The molecule has 1 heterocycles. The van der Waals surface area contributed by atoms with Gasteiger partial charge in [-0.2, -0.15) is 10.2 Å². The van der Waals surface area contributed by atoms with Crippen LogP contribution in [0, 0.1) is 11.3 Å². The first-order valence-electron chi connectivity index (χ1n) is 5.62. The molecule has 1 aromatic carbocycles. The predicted octanol–water partition coefficient (Wildman–Crippen LogP) is 2.76. The number of benzene rings is 1. The second kappa shape index (κ2) is 5.26. The summed E-state index contributed by atoms with van der Waals surface area (Å²) in [5, 5.41) is 12.4. The average Bonchev–Trinajstić information content (AvgIpc) is 2.85. The van der Waals surface area contributed by atoms with E-state index in [1.54, 1.807) is 0 Å². The van der Waals surface area contributed by atoms with Crippen LogP contribution in [0.15, 0.2) is 28.8 Å². The Labute approximate surface area is 99.9 Å². The zero-order valence-electron chi connectivity index (χ0n) is 9.68. The highest BCUT2D eigenvalue weighted by Gasteiger charge is 2.07. The number of aryl methyl sites for hydroxylation is 2. The summed E-state index contributed by atoms with van der Waals surface area (Å²) >= 11 is 0. The average molecular weight is 227 g/mol. The zero-order chi connectivity index (χ0) is 12.1. The molecule has 0 saturated carbocycles. The number of nitriles is 1. The maximum atomic E-state index is 8.47. The summed E-state index contributed by atoms with van der Waals surface area (Å²) in [6.07, 6.45) is 1.92. The van der Waals surface area contributed by atoms with Crippen molar-refractivity contribution < 1.29 is 4.52 Å². The van der Waals surface area contributed by atoms with Gasteiger partial charge >= 0.3 is 0 Å². The number of aromatic nitrogens is 2. The second-order valence-corrected chi connectivity index (χ2v) is 3.72. The van der Waals surface area contributed by atoms with Crippen molar-refractivity contribution in [2.75, 3.05) is 0 Å². The lowest BCUT2D eigenvalue weighted by Gasteiger charge is -1.97. The van der Waals surface area contributed by atoms with Gasteiger partial charge in [-0.05, 0) is 12.0 Å². The molecule has 0 spiro atoms. The molecule has 4 nitrogen and oxygen atoms in total. The van der Waals surface area contributed by atoms with Gasteiger partial charge in [-0.15, -0.1) is 0 Å². The Hall–Kier alpha value is -2.15. The molecule has 0 aliphatic rings. The van der Waals surface area contributed by atoms with E-state index in [0.717, 1.165) is 12.0 Å². The van der Waals surface area contributed by atoms with Gasteiger partial charge in [-0.3, -0.25) is 0 Å². The van der Waals surface area contributed by atoms with E-state index in [4.69, 9.17) is 9.78 Å². The minimum atomic E-state index is 0.399. The van der Waals surface area contributed by atoms with Gasteiger partial charge in [0.1, 0.15) is 0 Å². The van der Waals surface area contributed by atoms with E-state index in [2.05, 4.69) is 35.3 Å². The van der Waals surface area contributed by atoms with Gasteiger partial charge in [-0.1, -0.05) is 36.3 Å². The van der Waals surface area contributed by atoms with Crippen molar-refractivity contribution in [3.8, 4) is 17.5 Å². The van der Waals surface area contributed by atoms with E-state index in [-0.39, 0.29) is 0 Å². The molecule has 0 aliphatic carbocycles. The number of rotatable bonds is 4. The monoisotopic (exact) mass is 227 g/mol. The molecule has 0 bridgehead atoms. The normalized spacial score (nSPS) is 10.1. The summed E-state index contributed by atoms with van der Waals surface area (Å²) in [6.45, 7) is 2.11. The van der Waals surface area contributed by atoms with Gasteiger partial charge < -0.3 is 4.52 Å². The molecule has 86 valence electrons. The summed E-state index contributed by atoms with van der Waals surface area (Å²) in [6, 6.07) is 10.1. The van der Waals surface area contributed by atoms with Crippen LogP contribution in [-0.2, 0) is 12.8 Å². The summed E-state index contributed by atoms with van der Waals surface area (Å²) in [4.78, 5) is 4.24. The highest BCUT2D eigenvalue weighted by molar-refractivity contribution is 5.54. The van der Waals surface area contributed by atoms with Crippen LogP contribution in [-0.4, -0.2) is 10.1 Å². The molecule has 0 amide bonds. The van der Waals surface area contributed by atoms with E-state index in [1.165, 1.54) is 5.56 Å². The van der Waals surface area contributed by atoms with Crippen molar-refractivity contribution in [3.63, 3.8) is 0 Å². The Kier molecular flexibility index (Phi) is 3.51. The van der Waals surface area contributed by atoms with E-state index < -0.39 is 0 Å². The van der Waals surface area contributed by atoms with Crippen LogP contribution in [0.2, 0.25) is 0 Å². The number of nitrogens with zero attached hydrogens (tertiary/aromatic N) is 3. The lowest BCUT2D eigenvalue weighted by molar-refractivity contribution is 0.380. The summed E-state index contributed by atoms with van der Waals surface area (Å²) in [5.41, 5.74) is 2.22. The predicted molar refractivity (Wildman–Crippen MR) is 63.0 cm³/mol. The van der Waals surface area contributed by atoms with E-state index in [9.17, 15) is 0 Å². The molecule has 2 rings (SSSR count). The fourth-order valence-corrected chi connectivity index (χ4v) is 1.53. The van der Waals surface area contributed by atoms with Gasteiger partial charge in [0.15, 0.2) is 0 Å². The van der Waals surface area contributed by atoms with Crippen molar-refractivity contribution in [3.05, 3.63) is 35.7 Å². The number of hydrogen-bond acceptors (Lipinski definition) is 4. The van der Waals surface area contributed by atoms with Crippen molar-refractivity contribution in [2.24, 2.45) is 0 Å². The molecule has 1 aromatic heterocycles. The molecule has 0 radical (unpaired) electrons. The topological polar surface area (TPSA) is 62.7 Å². The number of hydrogen-bond donors (Lipinski definition) is 0. The Morgan fingerprint density at radius 2 is 2.06 bits per heavy atom. The zero-order valence-corrected chi connectivity index (χ0v) is 9.68. The van der Waals surface area contributed by atoms with Crippen molar-refractivity contribution in [1.29, 1.82) is 5.26 Å². The van der Waals surface area contributed by atoms with E-state index >= 15 is 0 Å². The molecule has 2 aromatic rings. The standard InChI is InChI=1S/C13H13N3O/c1-2-10-5-7-11(8-6-10)13-15-12(17-16-13)4-3-9-14/h5-8H,2-4H2,1H3. The Morgan fingerprint density at radius 3 is 2.71 bits per heavy atom. The van der Waals surface area contributed by atoms with E-state index in [0.29, 0.717) is 24.6 Å². The smallest absolute Gasteiger partial charge is 0.227 e. The van der Waals surface area contributed by atoms with Crippen LogP contribution in [0.5, 0.6) is 0 Å². The molecule has 0 unspecified atom stereocenters. The third kappa shape index (κ3) is 2.70. The van der Waals surface area contributed by atoms with Crippen LogP contribution in [0.4, 0.5) is 0 Å². The van der Waals surface area contributed by atoms with Crippen LogP contribution in [0.25, 0.3) is 11.4 Å². The van der Waals surface area contributed by atoms with Crippen LogP contribution in [0.1, 0.15) is 24.8 Å². The molecule has 0 aliphatic heterocycles. The molecular weight excluding hydrogens is 214 g/mol. The van der Waals surface area contributed by atoms with Crippen molar-refractivity contribution in [2.45, 2.75) is 26.2 Å². The maximum absolute atomic E-state index is 8.47. The summed E-state index contributed by atoms with van der Waals surface area (Å²) in [5.74, 6) is 1.10. The molecule has 17 heavy (non-hydrogen) atoms. The molecule has 0 atom stereocenters. The van der Waals surface area contributed by atoms with Gasteiger partial charge in [-0.25, -0.2) is 0 Å². The molecule has 4 heteroatoms. The SMILES string of the molecule is CCc1ccc(-c2noc(CCC#N)n2)cc1. The lowest BCUT2D eigenvalue weighted by Crippen LogP contribution is -1.85. The first kappa shape index (κ1) is 11.3. The minimum absolute atomic E-state index is 0.399. The van der Waals surface area contributed by atoms with Crippen LogP contribution in [0.3, 0.4) is 0 Å². The summed E-state index contributed by atoms with van der Waals surface area (Å²) in [7, 11) is 0. The Bertz CT molecular complexity index is 522. The maximum Gasteiger partial charge on any atom is 0.227 e. The fraction of sp³-hybridized carbons (Fsp3) is 0.308. The van der Waals surface area contributed by atoms with Crippen LogP contribution >= 0.6 is 0 Å². The highest BCUT2D eigenvalue weighted by Crippen LogP contribution is 2.17. The highest BCUT2D eigenvalue weighted by atomic mass is 16.5. The Balaban J connectivity index is 2.16. The molecular formula is C13H13N3O. The van der Waals surface area contributed by atoms with Gasteiger partial charge in [0.2, 0.25) is 11.7 Å². The van der Waals surface area contributed by atoms with Crippen molar-refractivity contribution in [1.82, 2.24) is 10.1 Å². The fourth-order valence-electron chi connectivity index (χ4n) is 1.53. The first-order chi connectivity index (χ1) is 8.33. The third-order valence-electron chi connectivity index (χ3n) is 2.54. The lowest BCUT2D eigenvalue weighted by atomic mass is 10.1. The quantitative estimate of drug-likeness (QED) is 0.805. The molecule has 0 fully saturated rings. The third-order valence-corrected chi connectivity index (χ3v) is 2.54. The Morgan fingerprint density at radius 1 is 1.29 bits per heavy atom. The minimum Gasteiger partial charge on any atom is -0.339 e. The second-order valence-electron chi connectivity index (χ2n) is 3.72. The van der Waals surface area contributed by atoms with E-state index in [1.807, 2.05) is 12.1 Å². The van der Waals surface area contributed by atoms with Gasteiger partial charge in [0.25, 0.3) is 0 Å². The van der Waals surface area contributed by atoms with Crippen molar-refractivity contribution >= 4 is 0 Å². The van der Waals surface area contributed by atoms with Gasteiger partial charge in [0, 0.05) is 18.4 Å². The molecule has 0 N–H and O–H groups in total. The van der Waals surface area contributed by atoms with Crippen LogP contribution < -0.4 is 0 Å². The first-order valence-corrected chi connectivity index (χ1v) is 5.62. The van der Waals surface area contributed by atoms with Gasteiger partial charge in [0.05, 0.1) is 6.07 Å².